The number of nitrogens with zero attached hydrogens (tertiary/aromatic N) is 3. The number of amides is 2. The maximum atomic E-state index is 12.2. The molecule has 0 atom stereocenters. The van der Waals surface area contributed by atoms with Gasteiger partial charge >= 0.3 is 0 Å². The molecule has 2 aromatic rings. The number of benzene rings is 1. The van der Waals surface area contributed by atoms with Crippen molar-refractivity contribution < 1.29 is 14.3 Å². The minimum absolute atomic E-state index is 0.00339. The number of ether oxygens (including phenoxy) is 1. The molecule has 0 bridgehead atoms. The molecule has 0 spiro atoms. The largest absolute Gasteiger partial charge is 0.493 e. The first-order chi connectivity index (χ1) is 13.0. The maximum absolute atomic E-state index is 12.2. The van der Waals surface area contributed by atoms with Gasteiger partial charge in [-0.2, -0.15) is 5.10 Å². The number of carbonyl (C=O) groups is 2. The van der Waals surface area contributed by atoms with Crippen LogP contribution in [0.25, 0.3) is 0 Å². The maximum Gasteiger partial charge on any atom is 0.225 e. The van der Waals surface area contributed by atoms with Crippen LogP contribution >= 0.6 is 0 Å². The van der Waals surface area contributed by atoms with Crippen molar-refractivity contribution in [3.63, 3.8) is 0 Å². The van der Waals surface area contributed by atoms with Crippen LogP contribution in [0, 0.1) is 5.92 Å². The van der Waals surface area contributed by atoms with Crippen molar-refractivity contribution in [1.29, 1.82) is 0 Å². The van der Waals surface area contributed by atoms with Gasteiger partial charge in [-0.1, -0.05) is 32.0 Å². The van der Waals surface area contributed by atoms with Gasteiger partial charge in [0.1, 0.15) is 5.75 Å². The molecule has 2 heterocycles. The molecule has 0 aliphatic carbocycles. The molecule has 0 saturated heterocycles. The molecular weight excluding hydrogens is 344 g/mol. The highest BCUT2D eigenvalue weighted by Gasteiger charge is 2.23. The van der Waals surface area contributed by atoms with Crippen LogP contribution in [-0.2, 0) is 29.2 Å². The van der Waals surface area contributed by atoms with Gasteiger partial charge in [0.05, 0.1) is 44.0 Å². The summed E-state index contributed by atoms with van der Waals surface area (Å²) in [6.07, 6.45) is 0.291. The van der Waals surface area contributed by atoms with Crippen molar-refractivity contribution >= 4 is 11.8 Å². The molecule has 3 rings (SSSR count). The van der Waals surface area contributed by atoms with E-state index >= 15 is 0 Å². The number of rotatable bonds is 7. The van der Waals surface area contributed by atoms with Crippen LogP contribution in [0.1, 0.15) is 31.7 Å². The Bertz CT molecular complexity index is 786. The second kappa shape index (κ2) is 8.70. The van der Waals surface area contributed by atoms with E-state index in [0.29, 0.717) is 39.2 Å². The van der Waals surface area contributed by atoms with Crippen molar-refractivity contribution in [1.82, 2.24) is 20.0 Å². The standard InChI is InChI=1S/C20H26N4O3/c1-15(2)20(26)23-9-10-24-17(14-23)12-16(22-24)13-21-19(25)8-11-27-18-6-4-3-5-7-18/h3-7,12,15H,8-11,13-14H2,1-2H3,(H,21,25). The predicted octanol–water partition coefficient (Wildman–Crippen LogP) is 1.97. The molecule has 7 nitrogen and oxygen atoms in total. The second-order valence-electron chi connectivity index (χ2n) is 6.95. The number of para-hydroxylation sites is 1. The van der Waals surface area contributed by atoms with E-state index < -0.39 is 0 Å². The summed E-state index contributed by atoms with van der Waals surface area (Å²) in [5.41, 5.74) is 1.81. The van der Waals surface area contributed by atoms with Crippen molar-refractivity contribution in [2.24, 2.45) is 5.92 Å². The number of hydrogen-bond donors (Lipinski definition) is 1. The lowest BCUT2D eigenvalue weighted by Crippen LogP contribution is -2.40. The van der Waals surface area contributed by atoms with Crippen LogP contribution in [0.4, 0.5) is 0 Å². The lowest BCUT2D eigenvalue weighted by molar-refractivity contribution is -0.136. The Hall–Kier alpha value is -2.83. The van der Waals surface area contributed by atoms with E-state index in [1.54, 1.807) is 0 Å². The van der Waals surface area contributed by atoms with Crippen LogP contribution in [0.5, 0.6) is 5.75 Å². The molecule has 1 aromatic heterocycles. The number of nitrogens with one attached hydrogen (secondary N) is 1. The fourth-order valence-corrected chi connectivity index (χ4v) is 3.02. The van der Waals surface area contributed by atoms with Crippen LogP contribution in [0.2, 0.25) is 0 Å². The zero-order valence-corrected chi connectivity index (χ0v) is 15.9. The first-order valence-electron chi connectivity index (χ1n) is 9.32. The molecule has 0 radical (unpaired) electrons. The first kappa shape index (κ1) is 18.9. The summed E-state index contributed by atoms with van der Waals surface area (Å²) in [6.45, 7) is 6.47. The summed E-state index contributed by atoms with van der Waals surface area (Å²) in [7, 11) is 0. The fourth-order valence-electron chi connectivity index (χ4n) is 3.02. The fraction of sp³-hybridized carbons (Fsp3) is 0.450. The van der Waals surface area contributed by atoms with Crippen LogP contribution in [0.15, 0.2) is 36.4 Å². The number of fused-ring (bicyclic) bond motifs is 1. The van der Waals surface area contributed by atoms with Gasteiger partial charge in [0.25, 0.3) is 0 Å². The highest BCUT2D eigenvalue weighted by molar-refractivity contribution is 5.78. The van der Waals surface area contributed by atoms with E-state index in [1.807, 2.05) is 59.8 Å². The molecule has 144 valence electrons. The summed E-state index contributed by atoms with van der Waals surface area (Å²) in [6, 6.07) is 11.4. The summed E-state index contributed by atoms with van der Waals surface area (Å²) in [5, 5.41) is 7.39. The van der Waals surface area contributed by atoms with Gasteiger partial charge in [0.2, 0.25) is 11.8 Å². The number of hydrogen-bond acceptors (Lipinski definition) is 4. The van der Waals surface area contributed by atoms with Crippen molar-refractivity contribution in [2.75, 3.05) is 13.2 Å². The average Bonchev–Trinajstić information content (AvgIpc) is 3.08. The Morgan fingerprint density at radius 1 is 1.22 bits per heavy atom. The topological polar surface area (TPSA) is 76.5 Å². The van der Waals surface area contributed by atoms with E-state index in [-0.39, 0.29) is 17.7 Å². The van der Waals surface area contributed by atoms with Crippen molar-refractivity contribution in [2.45, 2.75) is 39.9 Å². The summed E-state index contributed by atoms with van der Waals surface area (Å²) in [5.74, 6) is 0.841. The minimum Gasteiger partial charge on any atom is -0.493 e. The zero-order chi connectivity index (χ0) is 19.2. The van der Waals surface area contributed by atoms with Crippen LogP contribution < -0.4 is 10.1 Å². The van der Waals surface area contributed by atoms with Crippen LogP contribution in [-0.4, -0.2) is 39.6 Å². The Morgan fingerprint density at radius 2 is 2.00 bits per heavy atom. The monoisotopic (exact) mass is 370 g/mol. The molecule has 1 aromatic carbocycles. The number of carbonyl (C=O) groups excluding carboxylic acids is 2. The lowest BCUT2D eigenvalue weighted by Gasteiger charge is -2.29. The highest BCUT2D eigenvalue weighted by Crippen LogP contribution is 2.16. The summed E-state index contributed by atoms with van der Waals surface area (Å²) < 4.78 is 7.45. The van der Waals surface area contributed by atoms with Crippen molar-refractivity contribution in [3.05, 3.63) is 47.8 Å². The lowest BCUT2D eigenvalue weighted by atomic mass is 10.1. The average molecular weight is 370 g/mol. The SMILES string of the molecule is CC(C)C(=O)N1CCn2nc(CNC(=O)CCOc3ccccc3)cc2C1. The minimum atomic E-state index is -0.0754. The van der Waals surface area contributed by atoms with E-state index in [0.717, 1.165) is 17.1 Å². The first-order valence-corrected chi connectivity index (χ1v) is 9.32. The molecule has 0 saturated carbocycles. The molecule has 1 N–H and O–H groups in total. The molecule has 0 unspecified atom stereocenters. The van der Waals surface area contributed by atoms with Gasteiger partial charge in [0.15, 0.2) is 0 Å². The van der Waals surface area contributed by atoms with Gasteiger partial charge < -0.3 is 15.0 Å². The van der Waals surface area contributed by atoms with Gasteiger partial charge in [-0.05, 0) is 18.2 Å². The third-order valence-corrected chi connectivity index (χ3v) is 4.46. The van der Waals surface area contributed by atoms with E-state index in [9.17, 15) is 9.59 Å². The Labute approximate surface area is 159 Å². The molecule has 1 aliphatic heterocycles. The van der Waals surface area contributed by atoms with E-state index in [1.165, 1.54) is 0 Å². The van der Waals surface area contributed by atoms with E-state index in [4.69, 9.17) is 4.74 Å². The normalized spacial score (nSPS) is 13.4. The van der Waals surface area contributed by atoms with Gasteiger partial charge in [0, 0.05) is 12.5 Å². The summed E-state index contributed by atoms with van der Waals surface area (Å²) in [4.78, 5) is 26.0. The summed E-state index contributed by atoms with van der Waals surface area (Å²) >= 11 is 0. The quantitative estimate of drug-likeness (QED) is 0.808. The molecule has 2 amide bonds. The van der Waals surface area contributed by atoms with E-state index in [2.05, 4.69) is 10.4 Å². The van der Waals surface area contributed by atoms with Crippen molar-refractivity contribution in [3.8, 4) is 5.75 Å². The Morgan fingerprint density at radius 3 is 2.74 bits per heavy atom. The molecule has 0 fully saturated rings. The number of aromatic nitrogens is 2. The molecular formula is C20H26N4O3. The Kier molecular flexibility index (Phi) is 6.11. The Balaban J connectivity index is 1.44. The third kappa shape index (κ3) is 5.09. The smallest absolute Gasteiger partial charge is 0.225 e. The van der Waals surface area contributed by atoms with Crippen LogP contribution in [0.3, 0.4) is 0 Å². The molecule has 7 heteroatoms. The highest BCUT2D eigenvalue weighted by atomic mass is 16.5. The zero-order valence-electron chi connectivity index (χ0n) is 15.9. The van der Waals surface area contributed by atoms with Gasteiger partial charge in [-0.25, -0.2) is 0 Å². The van der Waals surface area contributed by atoms with Gasteiger partial charge in [-0.3, -0.25) is 14.3 Å². The second-order valence-corrected chi connectivity index (χ2v) is 6.95. The van der Waals surface area contributed by atoms with Gasteiger partial charge in [-0.15, -0.1) is 0 Å². The molecule has 1 aliphatic rings. The predicted molar refractivity (Wildman–Crippen MR) is 101 cm³/mol. The third-order valence-electron chi connectivity index (χ3n) is 4.46. The molecule has 27 heavy (non-hydrogen) atoms.